The highest BCUT2D eigenvalue weighted by molar-refractivity contribution is 9.10. The van der Waals surface area contributed by atoms with Crippen LogP contribution >= 0.6 is 39.0 Å². The van der Waals surface area contributed by atoms with Crippen molar-refractivity contribution >= 4 is 39.0 Å². The zero-order chi connectivity index (χ0) is 14.2. The number of rotatable bonds is 8. The minimum Gasteiger partial charge on any atom is -0.313 e. The van der Waals surface area contributed by atoms with Crippen molar-refractivity contribution in [2.24, 2.45) is 0 Å². The predicted molar refractivity (Wildman–Crippen MR) is 95.0 cm³/mol. The van der Waals surface area contributed by atoms with Gasteiger partial charge in [-0.2, -0.15) is 11.3 Å². The first-order chi connectivity index (χ1) is 9.78. The Labute approximate surface area is 138 Å². The molecule has 0 spiro atoms. The van der Waals surface area contributed by atoms with Crippen LogP contribution in [0.3, 0.4) is 0 Å². The summed E-state index contributed by atoms with van der Waals surface area (Å²) in [6.45, 7) is 3.22. The van der Waals surface area contributed by atoms with E-state index in [2.05, 4.69) is 69.3 Å². The summed E-state index contributed by atoms with van der Waals surface area (Å²) < 4.78 is 1.15. The van der Waals surface area contributed by atoms with Crippen molar-refractivity contribution in [2.45, 2.75) is 30.7 Å². The summed E-state index contributed by atoms with van der Waals surface area (Å²) in [4.78, 5) is 1.33. The maximum Gasteiger partial charge on any atom is 0.0186 e. The molecule has 1 heterocycles. The van der Waals surface area contributed by atoms with Crippen molar-refractivity contribution in [1.29, 1.82) is 0 Å². The Morgan fingerprint density at radius 3 is 2.95 bits per heavy atom. The van der Waals surface area contributed by atoms with E-state index in [4.69, 9.17) is 0 Å². The van der Waals surface area contributed by atoms with E-state index in [0.717, 1.165) is 16.8 Å². The molecule has 0 aliphatic heterocycles. The van der Waals surface area contributed by atoms with E-state index in [-0.39, 0.29) is 0 Å². The lowest BCUT2D eigenvalue weighted by molar-refractivity contribution is 0.538. The van der Waals surface area contributed by atoms with Crippen molar-refractivity contribution in [1.82, 2.24) is 5.32 Å². The molecular weight excluding hydrogens is 350 g/mol. The predicted octanol–water partition coefficient (Wildman–Crippen LogP) is 5.21. The van der Waals surface area contributed by atoms with E-state index in [0.29, 0.717) is 6.04 Å². The Morgan fingerprint density at radius 2 is 2.25 bits per heavy atom. The molecule has 1 nitrogen and oxygen atoms in total. The molecule has 0 radical (unpaired) electrons. The molecular formula is C16H20BrNS2. The minimum atomic E-state index is 0.573. The number of nitrogens with one attached hydrogen (secondary N) is 1. The number of hydrogen-bond donors (Lipinski definition) is 1. The van der Waals surface area contributed by atoms with Gasteiger partial charge in [-0.1, -0.05) is 28.9 Å². The van der Waals surface area contributed by atoms with Crippen LogP contribution in [0.15, 0.2) is 50.5 Å². The van der Waals surface area contributed by atoms with E-state index in [1.807, 2.05) is 11.8 Å². The van der Waals surface area contributed by atoms with Crippen molar-refractivity contribution < 1.29 is 0 Å². The Hall–Kier alpha value is -0.290. The van der Waals surface area contributed by atoms with Gasteiger partial charge in [0.15, 0.2) is 0 Å². The first-order valence-electron chi connectivity index (χ1n) is 6.90. The summed E-state index contributed by atoms with van der Waals surface area (Å²) in [5.74, 6) is 1.12. The van der Waals surface area contributed by atoms with E-state index < -0.39 is 0 Å². The molecule has 1 aromatic carbocycles. The highest BCUT2D eigenvalue weighted by atomic mass is 79.9. The Morgan fingerprint density at radius 1 is 1.35 bits per heavy atom. The third-order valence-electron chi connectivity index (χ3n) is 3.10. The van der Waals surface area contributed by atoms with Crippen LogP contribution in [0.4, 0.5) is 0 Å². The molecule has 0 amide bonds. The maximum absolute atomic E-state index is 3.60. The van der Waals surface area contributed by atoms with Crippen LogP contribution in [0.25, 0.3) is 0 Å². The number of benzene rings is 1. The van der Waals surface area contributed by atoms with Crippen LogP contribution in [0.1, 0.15) is 18.9 Å². The van der Waals surface area contributed by atoms with Gasteiger partial charge >= 0.3 is 0 Å². The van der Waals surface area contributed by atoms with E-state index in [1.54, 1.807) is 11.3 Å². The Balaban J connectivity index is 1.82. The number of hydrogen-bond acceptors (Lipinski definition) is 3. The molecule has 20 heavy (non-hydrogen) atoms. The number of aryl methyl sites for hydroxylation is 1. The average Bonchev–Trinajstić information content (AvgIpc) is 2.95. The van der Waals surface area contributed by atoms with Crippen LogP contribution in [0.2, 0.25) is 0 Å². The lowest BCUT2D eigenvalue weighted by Crippen LogP contribution is -2.31. The lowest BCUT2D eigenvalue weighted by Gasteiger charge is -2.17. The SMILES string of the molecule is CCNC(CCc1ccsc1)CSc1cccc(Br)c1. The second-order valence-electron chi connectivity index (χ2n) is 4.69. The summed E-state index contributed by atoms with van der Waals surface area (Å²) in [7, 11) is 0. The van der Waals surface area contributed by atoms with Gasteiger partial charge in [-0.05, 0) is 60.0 Å². The highest BCUT2D eigenvalue weighted by Crippen LogP contribution is 2.23. The van der Waals surface area contributed by atoms with Crippen LogP contribution in [-0.2, 0) is 6.42 Å². The number of thioether (sulfide) groups is 1. The molecule has 0 saturated heterocycles. The quantitative estimate of drug-likeness (QED) is 0.640. The van der Waals surface area contributed by atoms with Crippen molar-refractivity contribution in [2.75, 3.05) is 12.3 Å². The fourth-order valence-electron chi connectivity index (χ4n) is 2.06. The smallest absolute Gasteiger partial charge is 0.0186 e. The average molecular weight is 370 g/mol. The molecule has 108 valence electrons. The van der Waals surface area contributed by atoms with Gasteiger partial charge in [0.25, 0.3) is 0 Å². The van der Waals surface area contributed by atoms with Gasteiger partial charge in [0.2, 0.25) is 0 Å². The molecule has 0 fully saturated rings. The minimum absolute atomic E-state index is 0.573. The summed E-state index contributed by atoms with van der Waals surface area (Å²) >= 11 is 7.24. The normalized spacial score (nSPS) is 12.5. The van der Waals surface area contributed by atoms with Crippen molar-refractivity contribution in [3.8, 4) is 0 Å². The van der Waals surface area contributed by atoms with Gasteiger partial charge in [-0.15, -0.1) is 11.8 Å². The second kappa shape index (κ2) is 8.88. The van der Waals surface area contributed by atoms with Crippen LogP contribution in [0, 0.1) is 0 Å². The first-order valence-corrected chi connectivity index (χ1v) is 9.63. The van der Waals surface area contributed by atoms with E-state index in [9.17, 15) is 0 Å². The molecule has 2 aromatic rings. The zero-order valence-corrected chi connectivity index (χ0v) is 14.9. The Bertz CT molecular complexity index is 499. The van der Waals surface area contributed by atoms with Crippen molar-refractivity contribution in [3.05, 3.63) is 51.1 Å². The van der Waals surface area contributed by atoms with Gasteiger partial charge in [0, 0.05) is 21.2 Å². The van der Waals surface area contributed by atoms with Crippen LogP contribution in [0.5, 0.6) is 0 Å². The van der Waals surface area contributed by atoms with Gasteiger partial charge in [-0.3, -0.25) is 0 Å². The molecule has 1 N–H and O–H groups in total. The third-order valence-corrected chi connectivity index (χ3v) is 5.48. The summed E-state index contributed by atoms with van der Waals surface area (Å²) in [6.07, 6.45) is 2.37. The molecule has 4 heteroatoms. The molecule has 0 aliphatic carbocycles. The molecule has 0 aliphatic rings. The molecule has 1 aromatic heterocycles. The standard InChI is InChI=1S/C16H20BrNS2/c1-2-18-15(7-6-13-8-9-19-11-13)12-20-16-5-3-4-14(17)10-16/h3-5,8-11,15,18H,2,6-7,12H2,1H3. The molecule has 2 rings (SSSR count). The summed E-state index contributed by atoms with van der Waals surface area (Å²) in [5, 5.41) is 8.02. The molecule has 0 bridgehead atoms. The van der Waals surface area contributed by atoms with Crippen LogP contribution < -0.4 is 5.32 Å². The monoisotopic (exact) mass is 369 g/mol. The van der Waals surface area contributed by atoms with E-state index >= 15 is 0 Å². The Kier molecular flexibility index (Phi) is 7.14. The summed E-state index contributed by atoms with van der Waals surface area (Å²) in [5.41, 5.74) is 1.46. The molecule has 1 atom stereocenters. The van der Waals surface area contributed by atoms with Crippen molar-refractivity contribution in [3.63, 3.8) is 0 Å². The fraction of sp³-hybridized carbons (Fsp3) is 0.375. The zero-order valence-electron chi connectivity index (χ0n) is 11.6. The maximum atomic E-state index is 3.60. The third kappa shape index (κ3) is 5.60. The van der Waals surface area contributed by atoms with Gasteiger partial charge in [0.1, 0.15) is 0 Å². The molecule has 0 saturated carbocycles. The largest absolute Gasteiger partial charge is 0.313 e. The summed E-state index contributed by atoms with van der Waals surface area (Å²) in [6, 6.07) is 11.3. The highest BCUT2D eigenvalue weighted by Gasteiger charge is 2.09. The lowest BCUT2D eigenvalue weighted by atomic mass is 10.1. The molecule has 1 unspecified atom stereocenters. The van der Waals surface area contributed by atoms with Gasteiger partial charge in [-0.25, -0.2) is 0 Å². The van der Waals surface area contributed by atoms with Crippen LogP contribution in [-0.4, -0.2) is 18.3 Å². The number of thiophene rings is 1. The van der Waals surface area contributed by atoms with E-state index in [1.165, 1.54) is 23.3 Å². The first kappa shape index (κ1) is 16.1. The number of halogens is 1. The fourth-order valence-corrected chi connectivity index (χ4v) is 4.38. The second-order valence-corrected chi connectivity index (χ2v) is 7.48. The van der Waals surface area contributed by atoms with Gasteiger partial charge < -0.3 is 5.32 Å². The van der Waals surface area contributed by atoms with Gasteiger partial charge in [0.05, 0.1) is 0 Å². The topological polar surface area (TPSA) is 12.0 Å².